The summed E-state index contributed by atoms with van der Waals surface area (Å²) in [6.45, 7) is 2.50. The molecule has 4 saturated heterocycles. The van der Waals surface area contributed by atoms with Gasteiger partial charge in [0, 0.05) is 21.1 Å². The second kappa shape index (κ2) is 2.56. The first-order valence-corrected chi connectivity index (χ1v) is 6.19. The molecule has 0 radical (unpaired) electrons. The minimum Gasteiger partial charge on any atom is -0.266 e. The van der Waals surface area contributed by atoms with E-state index in [2.05, 4.69) is 15.0 Å². The topological polar surface area (TPSA) is 36.5 Å². The highest BCUT2D eigenvalue weighted by Crippen LogP contribution is 2.62. The Bertz CT molecular complexity index is 270. The molecule has 0 aromatic carbocycles. The molecule has 0 N–H and O–H groups in total. The van der Waals surface area contributed by atoms with E-state index >= 15 is 0 Å². The quantitative estimate of drug-likeness (QED) is 0.505. The second-order valence-corrected chi connectivity index (χ2v) is 6.69. The fourth-order valence-electron chi connectivity index (χ4n) is 2.30. The average Bonchev–Trinajstić information content (AvgIpc) is 2.20. The van der Waals surface area contributed by atoms with Crippen LogP contribution in [-0.4, -0.2) is 70.5 Å². The van der Waals surface area contributed by atoms with Gasteiger partial charge in [-0.25, -0.2) is 15.0 Å². The van der Waals surface area contributed by atoms with Gasteiger partial charge in [-0.3, -0.25) is 4.57 Å². The number of hydrazine groups is 3. The van der Waals surface area contributed by atoms with Crippen molar-refractivity contribution >= 4 is 7.59 Å². The van der Waals surface area contributed by atoms with Crippen molar-refractivity contribution in [1.82, 2.24) is 29.4 Å². The van der Waals surface area contributed by atoms with E-state index in [1.165, 1.54) is 0 Å². The Morgan fingerprint density at radius 3 is 1.36 bits per heavy atom. The molecule has 0 unspecified atom stereocenters. The van der Waals surface area contributed by atoms with Crippen LogP contribution in [0.5, 0.6) is 0 Å². The summed E-state index contributed by atoms with van der Waals surface area (Å²) in [7, 11) is 3.12. The van der Waals surface area contributed by atoms with Gasteiger partial charge in [0.25, 0.3) is 0 Å². The minimum atomic E-state index is -2.57. The van der Waals surface area contributed by atoms with E-state index in [1.54, 1.807) is 0 Å². The van der Waals surface area contributed by atoms with E-state index in [-0.39, 0.29) is 0 Å². The standard InChI is InChI=1S/C6H15N6OP/c1-7-10-4-11-6-12(5-10)9(3)14(7,13)8(11)2/h4-6H2,1-3H3. The third-order valence-corrected chi connectivity index (χ3v) is 6.36. The van der Waals surface area contributed by atoms with Gasteiger partial charge in [-0.1, -0.05) is 0 Å². The molecule has 14 heavy (non-hydrogen) atoms. The lowest BCUT2D eigenvalue weighted by molar-refractivity contribution is -0.253. The Hall–Kier alpha value is -0.0100. The Balaban J connectivity index is 2.10. The van der Waals surface area contributed by atoms with E-state index in [4.69, 9.17) is 0 Å². The van der Waals surface area contributed by atoms with Crippen molar-refractivity contribution in [3.05, 3.63) is 0 Å². The zero-order valence-electron chi connectivity index (χ0n) is 8.66. The van der Waals surface area contributed by atoms with Gasteiger partial charge in [-0.15, -0.1) is 0 Å². The van der Waals surface area contributed by atoms with Crippen LogP contribution in [0.2, 0.25) is 0 Å². The molecular weight excluding hydrogens is 203 g/mol. The molecule has 80 valence electrons. The van der Waals surface area contributed by atoms with Crippen molar-refractivity contribution in [3.8, 4) is 0 Å². The summed E-state index contributed by atoms with van der Waals surface area (Å²) in [5, 5.41) is 6.30. The molecule has 4 aliphatic heterocycles. The molecular formula is C6H15N6OP. The molecule has 0 aliphatic carbocycles. The summed E-state index contributed by atoms with van der Waals surface area (Å²) in [5.74, 6) is 0. The largest absolute Gasteiger partial charge is 0.326 e. The lowest BCUT2D eigenvalue weighted by Gasteiger charge is -2.64. The molecule has 0 aromatic heterocycles. The van der Waals surface area contributed by atoms with Gasteiger partial charge < -0.3 is 0 Å². The number of hydrogen-bond donors (Lipinski definition) is 0. The van der Waals surface area contributed by atoms with Crippen LogP contribution in [0.15, 0.2) is 0 Å². The molecule has 7 nitrogen and oxygen atoms in total. The Morgan fingerprint density at radius 2 is 1.07 bits per heavy atom. The smallest absolute Gasteiger partial charge is 0.266 e. The van der Waals surface area contributed by atoms with Gasteiger partial charge in [0.2, 0.25) is 0 Å². The van der Waals surface area contributed by atoms with Gasteiger partial charge in [0.1, 0.15) is 0 Å². The van der Waals surface area contributed by atoms with Crippen LogP contribution in [0.4, 0.5) is 0 Å². The fraction of sp³-hybridized carbons (Fsp3) is 1.00. The van der Waals surface area contributed by atoms with Crippen LogP contribution in [0.25, 0.3) is 0 Å². The van der Waals surface area contributed by atoms with Gasteiger partial charge in [-0.05, 0) is 0 Å². The molecule has 4 rings (SSSR count). The highest BCUT2D eigenvalue weighted by atomic mass is 31.2. The van der Waals surface area contributed by atoms with Crippen molar-refractivity contribution in [1.29, 1.82) is 0 Å². The van der Waals surface area contributed by atoms with Crippen molar-refractivity contribution in [2.75, 3.05) is 41.1 Å². The summed E-state index contributed by atoms with van der Waals surface area (Å²) in [5.41, 5.74) is 0. The highest BCUT2D eigenvalue weighted by molar-refractivity contribution is 7.56. The first-order chi connectivity index (χ1) is 6.55. The second-order valence-electron chi connectivity index (χ2n) is 3.93. The van der Waals surface area contributed by atoms with E-state index < -0.39 is 7.59 Å². The van der Waals surface area contributed by atoms with E-state index in [0.717, 1.165) is 20.0 Å². The molecule has 8 heteroatoms. The molecule has 0 saturated carbocycles. The highest BCUT2D eigenvalue weighted by Gasteiger charge is 2.57. The third kappa shape index (κ3) is 0.821. The van der Waals surface area contributed by atoms with Crippen molar-refractivity contribution in [2.45, 2.75) is 0 Å². The van der Waals surface area contributed by atoms with Gasteiger partial charge in [0.05, 0.1) is 20.0 Å². The van der Waals surface area contributed by atoms with Gasteiger partial charge in [-0.2, -0.15) is 14.3 Å². The zero-order chi connectivity index (χ0) is 10.1. The summed E-state index contributed by atoms with van der Waals surface area (Å²) in [4.78, 5) is 0. The van der Waals surface area contributed by atoms with Crippen molar-refractivity contribution in [2.24, 2.45) is 0 Å². The van der Waals surface area contributed by atoms with E-state index in [1.807, 2.05) is 35.5 Å². The van der Waals surface area contributed by atoms with Crippen LogP contribution in [0.1, 0.15) is 0 Å². The van der Waals surface area contributed by atoms with Crippen molar-refractivity contribution < 1.29 is 4.57 Å². The molecule has 0 atom stereocenters. The van der Waals surface area contributed by atoms with E-state index in [0.29, 0.717) is 0 Å². The monoisotopic (exact) mass is 218 g/mol. The molecule has 0 aromatic rings. The molecule has 0 spiro atoms. The third-order valence-electron chi connectivity index (χ3n) is 3.34. The van der Waals surface area contributed by atoms with Crippen LogP contribution in [0, 0.1) is 0 Å². The molecule has 4 bridgehead atoms. The molecule has 4 fully saturated rings. The fourth-order valence-corrected chi connectivity index (χ4v) is 4.76. The molecule has 0 amide bonds. The van der Waals surface area contributed by atoms with Gasteiger partial charge >= 0.3 is 7.59 Å². The van der Waals surface area contributed by atoms with Crippen LogP contribution in [0.3, 0.4) is 0 Å². The zero-order valence-corrected chi connectivity index (χ0v) is 9.55. The average molecular weight is 218 g/mol. The predicted octanol–water partition coefficient (Wildman–Crippen LogP) is -0.546. The van der Waals surface area contributed by atoms with Crippen LogP contribution >= 0.6 is 7.59 Å². The first kappa shape index (κ1) is 9.23. The van der Waals surface area contributed by atoms with E-state index in [9.17, 15) is 4.57 Å². The predicted molar refractivity (Wildman–Crippen MR) is 51.0 cm³/mol. The Morgan fingerprint density at radius 1 is 0.786 bits per heavy atom. The number of rotatable bonds is 0. The van der Waals surface area contributed by atoms with Crippen LogP contribution in [-0.2, 0) is 4.57 Å². The number of nitrogens with zero attached hydrogens (tertiary/aromatic N) is 6. The minimum absolute atomic E-state index is 0.835. The summed E-state index contributed by atoms with van der Waals surface area (Å²) in [6.07, 6.45) is 0. The number of hydrogen-bond acceptors (Lipinski definition) is 4. The van der Waals surface area contributed by atoms with Crippen molar-refractivity contribution in [3.63, 3.8) is 0 Å². The van der Waals surface area contributed by atoms with Gasteiger partial charge in [0.15, 0.2) is 0 Å². The van der Waals surface area contributed by atoms with Crippen LogP contribution < -0.4 is 0 Å². The molecule has 4 heterocycles. The Kier molecular flexibility index (Phi) is 1.69. The summed E-state index contributed by atoms with van der Waals surface area (Å²) >= 11 is 0. The summed E-state index contributed by atoms with van der Waals surface area (Å²) < 4.78 is 18.4. The molecule has 4 aliphatic rings. The Labute approximate surface area is 83.5 Å². The maximum absolute atomic E-state index is 12.8. The maximum Gasteiger partial charge on any atom is 0.326 e. The normalized spacial score (nSPS) is 54.4. The maximum atomic E-state index is 12.8. The first-order valence-electron chi connectivity index (χ1n) is 4.62. The SMILES string of the molecule is CN1N2CN3CN(C2)N(C)P1(=O)N3C. The lowest BCUT2D eigenvalue weighted by Crippen LogP contribution is -2.75. The lowest BCUT2D eigenvalue weighted by atomic mass is 10.7. The summed E-state index contributed by atoms with van der Waals surface area (Å²) in [6, 6.07) is 0.